The van der Waals surface area contributed by atoms with Gasteiger partial charge in [-0.2, -0.15) is 0 Å². The van der Waals surface area contributed by atoms with E-state index in [1.54, 1.807) is 6.07 Å². The first-order valence-corrected chi connectivity index (χ1v) is 10.9. The topological polar surface area (TPSA) is 84.5 Å². The molecule has 1 fully saturated rings. The number of nitrogens with one attached hydrogen (secondary N) is 2. The molecule has 0 heterocycles. The van der Waals surface area contributed by atoms with Crippen molar-refractivity contribution in [3.63, 3.8) is 0 Å². The van der Waals surface area contributed by atoms with Crippen molar-refractivity contribution in [2.75, 3.05) is 13.2 Å². The number of carbonyl (C=O) groups is 1. The molecular formula is C19H21BrN2O4S. The van der Waals surface area contributed by atoms with E-state index >= 15 is 0 Å². The van der Waals surface area contributed by atoms with E-state index < -0.39 is 10.0 Å². The number of carbonyl (C=O) groups excluding carboxylic acids is 1. The van der Waals surface area contributed by atoms with Crippen LogP contribution >= 0.6 is 15.9 Å². The van der Waals surface area contributed by atoms with Crippen LogP contribution in [0, 0.1) is 6.92 Å². The maximum atomic E-state index is 12.4. The second-order valence-corrected chi connectivity index (χ2v) is 9.03. The van der Waals surface area contributed by atoms with Gasteiger partial charge in [0.2, 0.25) is 10.0 Å². The van der Waals surface area contributed by atoms with Gasteiger partial charge in [-0.05, 0) is 71.6 Å². The molecule has 2 aromatic carbocycles. The maximum Gasteiger partial charge on any atom is 0.252 e. The lowest BCUT2D eigenvalue weighted by atomic mass is 10.2. The highest BCUT2D eigenvalue weighted by Gasteiger charge is 2.28. The van der Waals surface area contributed by atoms with Crippen LogP contribution in [0.25, 0.3) is 0 Å². The molecule has 144 valence electrons. The average molecular weight is 453 g/mol. The summed E-state index contributed by atoms with van der Waals surface area (Å²) in [4.78, 5) is 12.5. The van der Waals surface area contributed by atoms with Crippen molar-refractivity contribution in [2.24, 2.45) is 0 Å². The highest BCUT2D eigenvalue weighted by molar-refractivity contribution is 9.10. The standard InChI is InChI=1S/C19H21BrN2O4S/c1-13-3-2-4-15(11-13)26-10-9-21-19(23)17-12-16(7-8-18(17)20)27(24,25)22-14-5-6-14/h2-4,7-8,11-12,14,22H,5-6,9-10H2,1H3,(H,21,23). The lowest BCUT2D eigenvalue weighted by Gasteiger charge is -2.11. The summed E-state index contributed by atoms with van der Waals surface area (Å²) in [6.45, 7) is 2.59. The van der Waals surface area contributed by atoms with Gasteiger partial charge in [0.25, 0.3) is 5.91 Å². The second kappa shape index (κ2) is 8.41. The lowest BCUT2D eigenvalue weighted by molar-refractivity contribution is 0.0946. The fourth-order valence-electron chi connectivity index (χ4n) is 2.47. The normalized spacial score (nSPS) is 14.0. The Morgan fingerprint density at radius 1 is 1.22 bits per heavy atom. The van der Waals surface area contributed by atoms with E-state index in [4.69, 9.17) is 4.74 Å². The van der Waals surface area contributed by atoms with Gasteiger partial charge in [0.05, 0.1) is 17.0 Å². The lowest BCUT2D eigenvalue weighted by Crippen LogP contribution is -2.29. The predicted molar refractivity (Wildman–Crippen MR) is 106 cm³/mol. The molecule has 0 aliphatic heterocycles. The molecule has 1 aliphatic rings. The first-order valence-electron chi connectivity index (χ1n) is 8.65. The van der Waals surface area contributed by atoms with Gasteiger partial charge in [-0.25, -0.2) is 13.1 Å². The molecule has 0 atom stereocenters. The van der Waals surface area contributed by atoms with Crippen LogP contribution < -0.4 is 14.8 Å². The van der Waals surface area contributed by atoms with Crippen LogP contribution in [0.2, 0.25) is 0 Å². The van der Waals surface area contributed by atoms with Gasteiger partial charge in [-0.3, -0.25) is 4.79 Å². The number of amides is 1. The fraction of sp³-hybridized carbons (Fsp3) is 0.316. The molecule has 0 unspecified atom stereocenters. The van der Waals surface area contributed by atoms with E-state index in [-0.39, 0.29) is 22.4 Å². The minimum absolute atomic E-state index is 0.00898. The van der Waals surface area contributed by atoms with Gasteiger partial charge in [0, 0.05) is 10.5 Å². The zero-order chi connectivity index (χ0) is 19.4. The van der Waals surface area contributed by atoms with Gasteiger partial charge in [-0.15, -0.1) is 0 Å². The number of aryl methyl sites for hydroxylation is 1. The van der Waals surface area contributed by atoms with E-state index in [2.05, 4.69) is 26.0 Å². The Labute approximate surface area is 167 Å². The largest absolute Gasteiger partial charge is 0.492 e. The average Bonchev–Trinajstić information content (AvgIpc) is 3.42. The molecule has 0 aromatic heterocycles. The maximum absolute atomic E-state index is 12.4. The van der Waals surface area contributed by atoms with Crippen LogP contribution in [0.15, 0.2) is 51.8 Å². The summed E-state index contributed by atoms with van der Waals surface area (Å²) >= 11 is 3.31. The van der Waals surface area contributed by atoms with Crippen LogP contribution in [0.3, 0.4) is 0 Å². The minimum atomic E-state index is -3.61. The molecule has 6 nitrogen and oxygen atoms in total. The SMILES string of the molecule is Cc1cccc(OCCNC(=O)c2cc(S(=O)(=O)NC3CC3)ccc2Br)c1. The molecule has 2 N–H and O–H groups in total. The predicted octanol–water partition coefficient (Wildman–Crippen LogP) is 3.01. The third-order valence-corrected chi connectivity index (χ3v) is 6.25. The van der Waals surface area contributed by atoms with Crippen LogP contribution in [-0.2, 0) is 10.0 Å². The molecular weight excluding hydrogens is 432 g/mol. The zero-order valence-corrected chi connectivity index (χ0v) is 17.3. The van der Waals surface area contributed by atoms with E-state index in [9.17, 15) is 13.2 Å². The number of rotatable bonds is 8. The second-order valence-electron chi connectivity index (χ2n) is 6.46. The molecule has 1 saturated carbocycles. The summed E-state index contributed by atoms with van der Waals surface area (Å²) in [5.74, 6) is 0.378. The van der Waals surface area contributed by atoms with E-state index in [1.807, 2.05) is 31.2 Å². The summed E-state index contributed by atoms with van der Waals surface area (Å²) < 4.78 is 33.4. The Balaban J connectivity index is 1.59. The molecule has 0 saturated heterocycles. The summed E-state index contributed by atoms with van der Waals surface area (Å²) in [7, 11) is -3.61. The van der Waals surface area contributed by atoms with Gasteiger partial charge < -0.3 is 10.1 Å². The zero-order valence-electron chi connectivity index (χ0n) is 14.9. The summed E-state index contributed by atoms with van der Waals surface area (Å²) in [6.07, 6.45) is 1.70. The fourth-order valence-corrected chi connectivity index (χ4v) is 4.23. The van der Waals surface area contributed by atoms with Gasteiger partial charge >= 0.3 is 0 Å². The Kier molecular flexibility index (Phi) is 6.18. The van der Waals surface area contributed by atoms with Crippen molar-refractivity contribution in [1.29, 1.82) is 0 Å². The van der Waals surface area contributed by atoms with Gasteiger partial charge in [0.15, 0.2) is 0 Å². The van der Waals surface area contributed by atoms with Crippen LogP contribution in [0.1, 0.15) is 28.8 Å². The van der Waals surface area contributed by atoms with Gasteiger partial charge in [-0.1, -0.05) is 12.1 Å². The van der Waals surface area contributed by atoms with Crippen molar-refractivity contribution >= 4 is 31.9 Å². The van der Waals surface area contributed by atoms with E-state index in [0.29, 0.717) is 17.6 Å². The summed E-state index contributed by atoms with van der Waals surface area (Å²) in [5, 5.41) is 2.75. The number of benzene rings is 2. The molecule has 2 aromatic rings. The smallest absolute Gasteiger partial charge is 0.252 e. The number of ether oxygens (including phenoxy) is 1. The highest BCUT2D eigenvalue weighted by atomic mass is 79.9. The Hall–Kier alpha value is -1.90. The molecule has 1 amide bonds. The number of sulfonamides is 1. The third kappa shape index (κ3) is 5.54. The quantitative estimate of drug-likeness (QED) is 0.602. The molecule has 0 spiro atoms. The van der Waals surface area contributed by atoms with E-state index in [0.717, 1.165) is 24.2 Å². The van der Waals surface area contributed by atoms with Crippen LogP contribution in [-0.4, -0.2) is 33.5 Å². The third-order valence-electron chi connectivity index (χ3n) is 4.04. The monoisotopic (exact) mass is 452 g/mol. The van der Waals surface area contributed by atoms with Crippen molar-refractivity contribution in [2.45, 2.75) is 30.7 Å². The van der Waals surface area contributed by atoms with Crippen LogP contribution in [0.4, 0.5) is 0 Å². The first kappa shape index (κ1) is 19.9. The molecule has 0 radical (unpaired) electrons. The molecule has 27 heavy (non-hydrogen) atoms. The number of hydrogen-bond acceptors (Lipinski definition) is 4. The molecule has 8 heteroatoms. The molecule has 3 rings (SSSR count). The van der Waals surface area contributed by atoms with Crippen molar-refractivity contribution in [3.8, 4) is 5.75 Å². The van der Waals surface area contributed by atoms with Crippen LogP contribution in [0.5, 0.6) is 5.75 Å². The summed E-state index contributed by atoms with van der Waals surface area (Å²) in [5.41, 5.74) is 1.36. The first-order chi connectivity index (χ1) is 12.8. The number of hydrogen-bond donors (Lipinski definition) is 2. The van der Waals surface area contributed by atoms with Crippen molar-refractivity contribution < 1.29 is 17.9 Å². The number of halogens is 1. The Morgan fingerprint density at radius 3 is 2.70 bits per heavy atom. The molecule has 1 aliphatic carbocycles. The van der Waals surface area contributed by atoms with Gasteiger partial charge in [0.1, 0.15) is 12.4 Å². The minimum Gasteiger partial charge on any atom is -0.492 e. The Bertz CT molecular complexity index is 942. The van der Waals surface area contributed by atoms with Crippen molar-refractivity contribution in [1.82, 2.24) is 10.0 Å². The summed E-state index contributed by atoms with van der Waals surface area (Å²) in [6, 6.07) is 12.1. The molecule has 0 bridgehead atoms. The highest BCUT2D eigenvalue weighted by Crippen LogP contribution is 2.25. The Morgan fingerprint density at radius 2 is 2.00 bits per heavy atom. The van der Waals surface area contributed by atoms with Crippen molar-refractivity contribution in [3.05, 3.63) is 58.1 Å². The van der Waals surface area contributed by atoms with E-state index in [1.165, 1.54) is 12.1 Å².